The highest BCUT2D eigenvalue weighted by Crippen LogP contribution is 2.17. The third kappa shape index (κ3) is 52.3. The first-order valence-electron chi connectivity index (χ1n) is 28.7. The normalized spacial score (nSPS) is 12.3. The molecule has 0 aliphatic carbocycles. The van der Waals surface area contributed by atoms with E-state index in [2.05, 4.69) is 39.0 Å². The van der Waals surface area contributed by atoms with Crippen molar-refractivity contribution in [2.24, 2.45) is 0 Å². The van der Waals surface area contributed by atoms with Gasteiger partial charge in [-0.2, -0.15) is 0 Å². The molecule has 0 saturated carbocycles. The van der Waals surface area contributed by atoms with E-state index in [4.69, 9.17) is 14.2 Å². The Labute approximate surface area is 409 Å². The van der Waals surface area contributed by atoms with Crippen molar-refractivity contribution >= 4 is 17.9 Å². The second-order valence-electron chi connectivity index (χ2n) is 19.3. The molecule has 6 nitrogen and oxygen atoms in total. The molecule has 1 unspecified atom stereocenters. The summed E-state index contributed by atoms with van der Waals surface area (Å²) < 4.78 is 16.8. The number of carbonyl (C=O) groups is 3. The van der Waals surface area contributed by atoms with E-state index in [1.54, 1.807) is 0 Å². The fourth-order valence-electron chi connectivity index (χ4n) is 8.40. The Balaban J connectivity index is 4.34. The average Bonchev–Trinajstić information content (AvgIpc) is 3.31. The molecule has 384 valence electrons. The summed E-state index contributed by atoms with van der Waals surface area (Å²) in [6, 6.07) is 0. The molecule has 0 spiro atoms. The quantitative estimate of drug-likeness (QED) is 0.0262. The predicted octanol–water partition coefficient (Wildman–Crippen LogP) is 19.0. The fraction of sp³-hybridized carbons (Fsp3) is 0.817. The lowest BCUT2D eigenvalue weighted by Crippen LogP contribution is -2.30. The van der Waals surface area contributed by atoms with Gasteiger partial charge in [0.25, 0.3) is 0 Å². The zero-order valence-electron chi connectivity index (χ0n) is 44.0. The molecule has 1 atom stereocenters. The summed E-state index contributed by atoms with van der Waals surface area (Å²) in [6.45, 7) is 6.51. The van der Waals surface area contributed by atoms with Gasteiger partial charge in [-0.15, -0.1) is 0 Å². The summed E-state index contributed by atoms with van der Waals surface area (Å²) >= 11 is 0. The van der Waals surface area contributed by atoms with Crippen molar-refractivity contribution in [2.75, 3.05) is 13.2 Å². The van der Waals surface area contributed by atoms with E-state index in [-0.39, 0.29) is 31.1 Å². The van der Waals surface area contributed by atoms with E-state index in [9.17, 15) is 14.4 Å². The summed E-state index contributed by atoms with van der Waals surface area (Å²) in [5.41, 5.74) is 0. The molecular formula is C60H108O6. The van der Waals surface area contributed by atoms with Crippen LogP contribution in [0.3, 0.4) is 0 Å². The van der Waals surface area contributed by atoms with Gasteiger partial charge >= 0.3 is 17.9 Å². The van der Waals surface area contributed by atoms with Gasteiger partial charge in [0.1, 0.15) is 13.2 Å². The van der Waals surface area contributed by atoms with E-state index >= 15 is 0 Å². The molecule has 0 amide bonds. The first-order valence-corrected chi connectivity index (χ1v) is 28.7. The minimum atomic E-state index is -0.785. The van der Waals surface area contributed by atoms with Gasteiger partial charge < -0.3 is 14.2 Å². The maximum Gasteiger partial charge on any atom is 0.306 e. The highest BCUT2D eigenvalue weighted by Gasteiger charge is 2.19. The molecule has 0 rings (SSSR count). The van der Waals surface area contributed by atoms with Crippen molar-refractivity contribution in [2.45, 2.75) is 303 Å². The van der Waals surface area contributed by atoms with Gasteiger partial charge in [0.05, 0.1) is 0 Å². The smallest absolute Gasteiger partial charge is 0.306 e. The third-order valence-corrected chi connectivity index (χ3v) is 12.7. The Hall–Kier alpha value is -2.63. The summed E-state index contributed by atoms with van der Waals surface area (Å²) in [6.07, 6.45) is 66.8. The van der Waals surface area contributed by atoms with E-state index in [0.29, 0.717) is 19.3 Å². The molecule has 0 N–H and O–H groups in total. The molecule has 0 radical (unpaired) electrons. The SMILES string of the molecule is CC\C=C/C=C\C=C/C=C\CCCCCC(=O)OCC(COC(=O)CCCCCCCCCCCCCCCCCCCCC)OC(=O)CCCCCCCCCCCCCCCCCC. The van der Waals surface area contributed by atoms with Crippen LogP contribution in [0.25, 0.3) is 0 Å². The van der Waals surface area contributed by atoms with Gasteiger partial charge in [-0.3, -0.25) is 14.4 Å². The summed E-state index contributed by atoms with van der Waals surface area (Å²) in [7, 11) is 0. The monoisotopic (exact) mass is 925 g/mol. The number of allylic oxidation sites excluding steroid dienone is 8. The van der Waals surface area contributed by atoms with Gasteiger partial charge in [-0.1, -0.05) is 288 Å². The average molecular weight is 926 g/mol. The zero-order valence-corrected chi connectivity index (χ0v) is 44.0. The molecule has 0 aromatic carbocycles. The Morgan fingerprint density at radius 1 is 0.318 bits per heavy atom. The maximum atomic E-state index is 12.8. The second-order valence-corrected chi connectivity index (χ2v) is 19.3. The molecule has 0 aromatic heterocycles. The second kappa shape index (κ2) is 55.0. The van der Waals surface area contributed by atoms with Crippen molar-refractivity contribution in [1.29, 1.82) is 0 Å². The van der Waals surface area contributed by atoms with Crippen molar-refractivity contribution in [3.05, 3.63) is 48.6 Å². The number of esters is 3. The standard InChI is InChI=1S/C60H108O6/c1-4-7-10-13-16-19-22-25-27-29-30-31-33-35-38-41-44-47-50-53-59(62)65-56-57(55-64-58(61)52-49-46-43-40-37-34-24-21-18-15-12-9-6-3)66-60(63)54-51-48-45-42-39-36-32-28-26-23-20-17-14-11-8-5-2/h9,12,15,18,21,24,34,37,57H,4-8,10-11,13-14,16-17,19-20,22-23,25-33,35-36,38-56H2,1-3H3/b12-9-,18-15-,24-21-,37-34-. The van der Waals surface area contributed by atoms with Crippen molar-refractivity contribution in [3.8, 4) is 0 Å². The number of carbonyl (C=O) groups excluding carboxylic acids is 3. The molecule has 0 bridgehead atoms. The van der Waals surface area contributed by atoms with Crippen LogP contribution < -0.4 is 0 Å². The molecule has 0 fully saturated rings. The van der Waals surface area contributed by atoms with E-state index in [1.165, 1.54) is 186 Å². The first kappa shape index (κ1) is 63.4. The molecule has 0 aliphatic rings. The van der Waals surface area contributed by atoms with Gasteiger partial charge in [0.2, 0.25) is 0 Å². The van der Waals surface area contributed by atoms with Crippen LogP contribution in [0.5, 0.6) is 0 Å². The van der Waals surface area contributed by atoms with Crippen LogP contribution in [0.4, 0.5) is 0 Å². The molecule has 0 saturated heterocycles. The van der Waals surface area contributed by atoms with Crippen molar-refractivity contribution in [1.82, 2.24) is 0 Å². The molecule has 0 aromatic rings. The Kier molecular flexibility index (Phi) is 52.8. The summed E-state index contributed by atoms with van der Waals surface area (Å²) in [5, 5.41) is 0. The van der Waals surface area contributed by atoms with Crippen LogP contribution >= 0.6 is 0 Å². The molecular weight excluding hydrogens is 817 g/mol. The van der Waals surface area contributed by atoms with Crippen molar-refractivity contribution < 1.29 is 28.6 Å². The highest BCUT2D eigenvalue weighted by molar-refractivity contribution is 5.71. The Morgan fingerprint density at radius 3 is 0.924 bits per heavy atom. The number of rotatable bonds is 52. The molecule has 0 heterocycles. The Morgan fingerprint density at radius 2 is 0.591 bits per heavy atom. The minimum Gasteiger partial charge on any atom is -0.462 e. The topological polar surface area (TPSA) is 78.9 Å². The van der Waals surface area contributed by atoms with Crippen LogP contribution in [0.2, 0.25) is 0 Å². The predicted molar refractivity (Wildman–Crippen MR) is 284 cm³/mol. The van der Waals surface area contributed by atoms with Crippen LogP contribution in [0, 0.1) is 0 Å². The van der Waals surface area contributed by atoms with Crippen LogP contribution in [0.1, 0.15) is 297 Å². The van der Waals surface area contributed by atoms with Crippen LogP contribution in [-0.2, 0) is 28.6 Å². The first-order chi connectivity index (χ1) is 32.5. The number of unbranched alkanes of at least 4 members (excludes halogenated alkanes) is 36. The maximum absolute atomic E-state index is 12.8. The summed E-state index contributed by atoms with van der Waals surface area (Å²) in [5.74, 6) is -0.905. The number of hydrogen-bond donors (Lipinski definition) is 0. The molecule has 66 heavy (non-hydrogen) atoms. The largest absolute Gasteiger partial charge is 0.462 e. The van der Waals surface area contributed by atoms with E-state index in [0.717, 1.165) is 70.6 Å². The zero-order chi connectivity index (χ0) is 47.9. The van der Waals surface area contributed by atoms with Gasteiger partial charge in [-0.05, 0) is 38.5 Å². The van der Waals surface area contributed by atoms with Crippen LogP contribution in [0.15, 0.2) is 48.6 Å². The van der Waals surface area contributed by atoms with Crippen LogP contribution in [-0.4, -0.2) is 37.2 Å². The fourth-order valence-corrected chi connectivity index (χ4v) is 8.40. The lowest BCUT2D eigenvalue weighted by atomic mass is 10.0. The molecule has 0 aliphatic heterocycles. The van der Waals surface area contributed by atoms with E-state index in [1.807, 2.05) is 30.4 Å². The highest BCUT2D eigenvalue weighted by atomic mass is 16.6. The third-order valence-electron chi connectivity index (χ3n) is 12.7. The van der Waals surface area contributed by atoms with Crippen molar-refractivity contribution in [3.63, 3.8) is 0 Å². The van der Waals surface area contributed by atoms with Gasteiger partial charge in [-0.25, -0.2) is 0 Å². The lowest BCUT2D eigenvalue weighted by molar-refractivity contribution is -0.167. The van der Waals surface area contributed by atoms with Gasteiger partial charge in [0.15, 0.2) is 6.10 Å². The summed E-state index contributed by atoms with van der Waals surface area (Å²) in [4.78, 5) is 38.1. The number of ether oxygens (including phenoxy) is 3. The van der Waals surface area contributed by atoms with Gasteiger partial charge in [0, 0.05) is 19.3 Å². The lowest BCUT2D eigenvalue weighted by Gasteiger charge is -2.18. The van der Waals surface area contributed by atoms with E-state index < -0.39 is 6.10 Å². The minimum absolute atomic E-state index is 0.0814. The molecule has 6 heteroatoms. The Bertz CT molecular complexity index is 1150. The number of hydrogen-bond acceptors (Lipinski definition) is 6.